The zero-order valence-corrected chi connectivity index (χ0v) is 11.1. The maximum Gasteiger partial charge on any atom is 0.148 e. The average molecular weight is 296 g/mol. The van der Waals surface area contributed by atoms with Crippen LogP contribution in [-0.2, 0) is 17.8 Å². The number of nitrogens with zero attached hydrogens (tertiary/aromatic N) is 1. The molecule has 0 unspecified atom stereocenters. The summed E-state index contributed by atoms with van der Waals surface area (Å²) in [6.45, 7) is 3.05. The van der Waals surface area contributed by atoms with Crippen molar-refractivity contribution in [3.8, 4) is 5.75 Å². The van der Waals surface area contributed by atoms with Gasteiger partial charge in [-0.25, -0.2) is 0 Å². The number of likely N-dealkylation sites (tertiary alicyclic amines) is 1. The lowest BCUT2D eigenvalue weighted by atomic mass is 10.1. The minimum absolute atomic E-state index is 0.345. The molecule has 2 aliphatic heterocycles. The summed E-state index contributed by atoms with van der Waals surface area (Å²) in [5.74, 6) is 1.38. The number of rotatable bonds is 2. The van der Waals surface area contributed by atoms with E-state index in [2.05, 4.69) is 33.0 Å². The Labute approximate surface area is 109 Å². The molecule has 1 saturated heterocycles. The number of Topliss-reactive ketones (excluding diaryl/α,β-unsaturated/α-hetero) is 1. The van der Waals surface area contributed by atoms with Gasteiger partial charge in [-0.15, -0.1) is 0 Å². The molecule has 0 radical (unpaired) electrons. The van der Waals surface area contributed by atoms with Gasteiger partial charge in [0.1, 0.15) is 11.5 Å². The van der Waals surface area contributed by atoms with E-state index in [1.807, 2.05) is 0 Å². The number of benzene rings is 1. The van der Waals surface area contributed by atoms with Gasteiger partial charge in [-0.1, -0.05) is 15.9 Å². The number of fused-ring (bicyclic) bond motifs is 1. The molecule has 3 nitrogen and oxygen atoms in total. The zero-order chi connectivity index (χ0) is 11.8. The fourth-order valence-corrected chi connectivity index (χ4v) is 3.08. The van der Waals surface area contributed by atoms with Crippen LogP contribution in [0.1, 0.15) is 17.5 Å². The molecule has 0 aromatic heterocycles. The Morgan fingerprint density at radius 3 is 3.00 bits per heavy atom. The van der Waals surface area contributed by atoms with E-state index in [0.717, 1.165) is 36.3 Å². The van der Waals surface area contributed by atoms with Gasteiger partial charge in [-0.3, -0.25) is 9.69 Å². The first-order chi connectivity index (χ1) is 8.22. The van der Waals surface area contributed by atoms with Crippen molar-refractivity contribution in [2.45, 2.75) is 19.4 Å². The van der Waals surface area contributed by atoms with Crippen LogP contribution >= 0.6 is 15.9 Å². The van der Waals surface area contributed by atoms with Gasteiger partial charge in [0.15, 0.2) is 0 Å². The maximum absolute atomic E-state index is 11.3. The molecule has 0 amide bonds. The Kier molecular flexibility index (Phi) is 2.92. The highest BCUT2D eigenvalue weighted by molar-refractivity contribution is 9.10. The summed E-state index contributed by atoms with van der Waals surface area (Å²) in [7, 11) is 0. The lowest BCUT2D eigenvalue weighted by Gasteiger charge is -2.16. The summed E-state index contributed by atoms with van der Waals surface area (Å²) in [4.78, 5) is 13.4. The summed E-state index contributed by atoms with van der Waals surface area (Å²) in [6, 6.07) is 4.23. The molecule has 1 aromatic rings. The lowest BCUT2D eigenvalue weighted by Crippen LogP contribution is -2.20. The molecule has 1 aromatic carbocycles. The van der Waals surface area contributed by atoms with Crippen molar-refractivity contribution in [2.75, 3.05) is 19.7 Å². The van der Waals surface area contributed by atoms with Crippen LogP contribution in [0.2, 0.25) is 0 Å². The second-order valence-corrected chi connectivity index (χ2v) is 5.57. The van der Waals surface area contributed by atoms with Gasteiger partial charge < -0.3 is 4.74 Å². The molecular formula is C13H14BrNO2. The van der Waals surface area contributed by atoms with Crippen molar-refractivity contribution in [3.63, 3.8) is 0 Å². The third-order valence-corrected chi connectivity index (χ3v) is 3.78. The SMILES string of the molecule is O=C1CCN(Cc2cc(Br)cc3c2OCC3)C1. The Morgan fingerprint density at radius 1 is 1.35 bits per heavy atom. The minimum Gasteiger partial charge on any atom is -0.493 e. The Bertz CT molecular complexity index is 473. The molecule has 3 rings (SSSR count). The molecule has 2 aliphatic rings. The van der Waals surface area contributed by atoms with E-state index in [1.165, 1.54) is 11.1 Å². The second-order valence-electron chi connectivity index (χ2n) is 4.65. The monoisotopic (exact) mass is 295 g/mol. The first-order valence-corrected chi connectivity index (χ1v) is 6.70. The number of carbonyl (C=O) groups excluding carboxylic acids is 1. The van der Waals surface area contributed by atoms with E-state index in [0.29, 0.717) is 18.7 Å². The van der Waals surface area contributed by atoms with E-state index in [1.54, 1.807) is 0 Å². The van der Waals surface area contributed by atoms with Gasteiger partial charge >= 0.3 is 0 Å². The van der Waals surface area contributed by atoms with Gasteiger partial charge in [0.2, 0.25) is 0 Å². The van der Waals surface area contributed by atoms with Gasteiger partial charge in [-0.05, 0) is 17.7 Å². The van der Waals surface area contributed by atoms with Gasteiger partial charge in [0, 0.05) is 36.0 Å². The van der Waals surface area contributed by atoms with Crippen LogP contribution in [0.15, 0.2) is 16.6 Å². The van der Waals surface area contributed by atoms with Crippen LogP contribution < -0.4 is 4.74 Å². The summed E-state index contributed by atoms with van der Waals surface area (Å²) >= 11 is 3.54. The summed E-state index contributed by atoms with van der Waals surface area (Å²) in [5.41, 5.74) is 2.47. The fraction of sp³-hybridized carbons (Fsp3) is 0.462. The van der Waals surface area contributed by atoms with E-state index in [-0.39, 0.29) is 0 Å². The standard InChI is InChI=1S/C13H14BrNO2/c14-11-5-9-2-4-17-13(9)10(6-11)7-15-3-1-12(16)8-15/h5-6H,1-4,7-8H2. The Balaban J connectivity index is 1.85. The number of hydrogen-bond acceptors (Lipinski definition) is 3. The maximum atomic E-state index is 11.3. The molecule has 17 heavy (non-hydrogen) atoms. The van der Waals surface area contributed by atoms with Crippen LogP contribution in [-0.4, -0.2) is 30.4 Å². The van der Waals surface area contributed by atoms with E-state index in [4.69, 9.17) is 4.74 Å². The molecule has 4 heteroatoms. The highest BCUT2D eigenvalue weighted by Gasteiger charge is 2.23. The van der Waals surface area contributed by atoms with E-state index < -0.39 is 0 Å². The lowest BCUT2D eigenvalue weighted by molar-refractivity contribution is -0.116. The number of ketones is 1. The van der Waals surface area contributed by atoms with Crippen molar-refractivity contribution >= 4 is 21.7 Å². The molecule has 0 N–H and O–H groups in total. The van der Waals surface area contributed by atoms with Gasteiger partial charge in [0.05, 0.1) is 13.2 Å². The van der Waals surface area contributed by atoms with Crippen molar-refractivity contribution in [2.24, 2.45) is 0 Å². The van der Waals surface area contributed by atoms with Gasteiger partial charge in [-0.2, -0.15) is 0 Å². The second kappa shape index (κ2) is 4.42. The molecule has 0 saturated carbocycles. The molecular weight excluding hydrogens is 282 g/mol. The highest BCUT2D eigenvalue weighted by atomic mass is 79.9. The molecule has 90 valence electrons. The third-order valence-electron chi connectivity index (χ3n) is 3.33. The summed E-state index contributed by atoms with van der Waals surface area (Å²) in [6.07, 6.45) is 1.68. The smallest absolute Gasteiger partial charge is 0.148 e. The van der Waals surface area contributed by atoms with Crippen LogP contribution in [0, 0.1) is 0 Å². The predicted octanol–water partition coefficient (Wildman–Crippen LogP) is 2.16. The van der Waals surface area contributed by atoms with Crippen LogP contribution in [0.4, 0.5) is 0 Å². The molecule has 1 fully saturated rings. The number of hydrogen-bond donors (Lipinski definition) is 0. The van der Waals surface area contributed by atoms with Gasteiger partial charge in [0.25, 0.3) is 0 Å². The summed E-state index contributed by atoms with van der Waals surface area (Å²) in [5, 5.41) is 0. The molecule has 0 spiro atoms. The first-order valence-electron chi connectivity index (χ1n) is 5.90. The van der Waals surface area contributed by atoms with E-state index in [9.17, 15) is 4.79 Å². The third kappa shape index (κ3) is 2.24. The van der Waals surface area contributed by atoms with Crippen molar-refractivity contribution in [1.29, 1.82) is 0 Å². The molecule has 2 heterocycles. The Hall–Kier alpha value is -0.870. The first kappa shape index (κ1) is 11.2. The van der Waals surface area contributed by atoms with Crippen LogP contribution in [0.3, 0.4) is 0 Å². The number of ether oxygens (including phenoxy) is 1. The van der Waals surface area contributed by atoms with Crippen LogP contribution in [0.5, 0.6) is 5.75 Å². The predicted molar refractivity (Wildman–Crippen MR) is 68.2 cm³/mol. The molecule has 0 atom stereocenters. The molecule has 0 aliphatic carbocycles. The highest BCUT2D eigenvalue weighted by Crippen LogP contribution is 2.34. The quantitative estimate of drug-likeness (QED) is 0.837. The van der Waals surface area contributed by atoms with Crippen molar-refractivity contribution in [3.05, 3.63) is 27.7 Å². The minimum atomic E-state index is 0.345. The normalized spacial score (nSPS) is 19.5. The Morgan fingerprint density at radius 2 is 2.24 bits per heavy atom. The van der Waals surface area contributed by atoms with Crippen molar-refractivity contribution in [1.82, 2.24) is 4.90 Å². The zero-order valence-electron chi connectivity index (χ0n) is 9.54. The van der Waals surface area contributed by atoms with Crippen LogP contribution in [0.25, 0.3) is 0 Å². The van der Waals surface area contributed by atoms with E-state index >= 15 is 0 Å². The largest absolute Gasteiger partial charge is 0.493 e. The topological polar surface area (TPSA) is 29.5 Å². The number of halogens is 1. The van der Waals surface area contributed by atoms with Crippen molar-refractivity contribution < 1.29 is 9.53 Å². The summed E-state index contributed by atoms with van der Waals surface area (Å²) < 4.78 is 6.79. The average Bonchev–Trinajstić information content (AvgIpc) is 2.87. The fourth-order valence-electron chi connectivity index (χ4n) is 2.53. The number of carbonyl (C=O) groups is 1. The molecule has 0 bridgehead atoms.